The van der Waals surface area contributed by atoms with Gasteiger partial charge in [-0.2, -0.15) is 0 Å². The molecule has 1 saturated heterocycles. The van der Waals surface area contributed by atoms with Crippen molar-refractivity contribution in [3.8, 4) is 23.0 Å². The van der Waals surface area contributed by atoms with Gasteiger partial charge in [0.2, 0.25) is 5.75 Å². The van der Waals surface area contributed by atoms with E-state index in [-0.39, 0.29) is 11.7 Å². The summed E-state index contributed by atoms with van der Waals surface area (Å²) >= 11 is 0. The fourth-order valence-corrected chi connectivity index (χ4v) is 4.30. The Hall–Kier alpha value is -2.93. The topological polar surface area (TPSA) is 77.5 Å². The molecule has 1 aliphatic heterocycles. The van der Waals surface area contributed by atoms with E-state index in [2.05, 4.69) is 4.90 Å². The molecule has 1 aliphatic rings. The van der Waals surface area contributed by atoms with Crippen molar-refractivity contribution in [1.82, 2.24) is 4.90 Å². The second kappa shape index (κ2) is 11.1. The number of methoxy groups -OCH3 is 2. The average molecular weight is 444 g/mol. The predicted molar refractivity (Wildman–Crippen MR) is 121 cm³/mol. The van der Waals surface area contributed by atoms with Gasteiger partial charge < -0.3 is 24.1 Å². The lowest BCUT2D eigenvalue weighted by molar-refractivity contribution is -0.160. The lowest BCUT2D eigenvalue weighted by Gasteiger charge is -2.41. The number of nitrogens with zero attached hydrogens (tertiary/aromatic N) is 1. The van der Waals surface area contributed by atoms with Crippen molar-refractivity contribution >= 4 is 5.97 Å². The summed E-state index contributed by atoms with van der Waals surface area (Å²) in [6.45, 7) is 4.68. The first kappa shape index (κ1) is 23.7. The Balaban J connectivity index is 1.74. The van der Waals surface area contributed by atoms with Crippen molar-refractivity contribution in [2.24, 2.45) is 5.41 Å². The summed E-state index contributed by atoms with van der Waals surface area (Å²) in [5.74, 6) is 1.34. The van der Waals surface area contributed by atoms with E-state index in [1.165, 1.54) is 14.2 Å². The van der Waals surface area contributed by atoms with Crippen LogP contribution in [0.15, 0.2) is 42.5 Å². The van der Waals surface area contributed by atoms with E-state index in [1.807, 2.05) is 37.3 Å². The molecule has 0 spiro atoms. The summed E-state index contributed by atoms with van der Waals surface area (Å²) in [5.41, 5.74) is 0.324. The van der Waals surface area contributed by atoms with Crippen LogP contribution < -0.4 is 14.2 Å². The van der Waals surface area contributed by atoms with E-state index in [0.29, 0.717) is 44.2 Å². The minimum atomic E-state index is -0.617. The summed E-state index contributed by atoms with van der Waals surface area (Å²) in [4.78, 5) is 15.3. The highest BCUT2D eigenvalue weighted by molar-refractivity contribution is 5.77. The van der Waals surface area contributed by atoms with Gasteiger partial charge in [-0.25, -0.2) is 0 Å². The first-order chi connectivity index (χ1) is 15.5. The molecular formula is C25H33NO6. The molecule has 1 heterocycles. The number of esters is 1. The van der Waals surface area contributed by atoms with Gasteiger partial charge in [-0.05, 0) is 62.6 Å². The molecule has 1 N–H and O–H groups in total. The highest BCUT2D eigenvalue weighted by Crippen LogP contribution is 2.39. The second-order valence-corrected chi connectivity index (χ2v) is 8.08. The number of carbonyl (C=O) groups excluding carboxylic acids is 1. The summed E-state index contributed by atoms with van der Waals surface area (Å²) in [6, 6.07) is 13.2. The first-order valence-corrected chi connectivity index (χ1v) is 11.0. The summed E-state index contributed by atoms with van der Waals surface area (Å²) in [6.07, 6.45) is 2.23. The fraction of sp³-hybridized carbons (Fsp3) is 0.480. The highest BCUT2D eigenvalue weighted by atomic mass is 16.5. The van der Waals surface area contributed by atoms with Crippen molar-refractivity contribution in [2.75, 3.05) is 40.5 Å². The van der Waals surface area contributed by atoms with Gasteiger partial charge >= 0.3 is 5.97 Å². The number of hydrogen-bond donors (Lipinski definition) is 1. The molecule has 0 aromatic heterocycles. The zero-order valence-electron chi connectivity index (χ0n) is 19.1. The normalized spacial score (nSPS) is 18.7. The van der Waals surface area contributed by atoms with Gasteiger partial charge in [0.1, 0.15) is 5.75 Å². The van der Waals surface area contributed by atoms with Gasteiger partial charge in [-0.1, -0.05) is 18.2 Å². The molecule has 0 amide bonds. The van der Waals surface area contributed by atoms with Gasteiger partial charge in [-0.3, -0.25) is 9.69 Å². The largest absolute Gasteiger partial charge is 0.502 e. The summed E-state index contributed by atoms with van der Waals surface area (Å²) < 4.78 is 22.0. The predicted octanol–water partition coefficient (Wildman–Crippen LogP) is 4.02. The van der Waals surface area contributed by atoms with E-state index in [4.69, 9.17) is 18.9 Å². The molecule has 3 rings (SSSR count). The second-order valence-electron chi connectivity index (χ2n) is 8.08. The Labute approximate surface area is 189 Å². The van der Waals surface area contributed by atoms with Crippen LogP contribution in [0.2, 0.25) is 0 Å². The Morgan fingerprint density at radius 2 is 1.81 bits per heavy atom. The van der Waals surface area contributed by atoms with E-state index in [9.17, 15) is 9.90 Å². The maximum absolute atomic E-state index is 13.0. The van der Waals surface area contributed by atoms with Gasteiger partial charge in [-0.15, -0.1) is 0 Å². The monoisotopic (exact) mass is 443 g/mol. The third kappa shape index (κ3) is 5.65. The molecule has 0 aliphatic carbocycles. The minimum Gasteiger partial charge on any atom is -0.502 e. The molecular weight excluding hydrogens is 410 g/mol. The highest BCUT2D eigenvalue weighted by Gasteiger charge is 2.43. The Kier molecular flexibility index (Phi) is 8.22. The maximum atomic E-state index is 13.0. The van der Waals surface area contributed by atoms with Crippen LogP contribution in [0.1, 0.15) is 31.7 Å². The molecule has 174 valence electrons. The quantitative estimate of drug-likeness (QED) is 0.556. The molecule has 32 heavy (non-hydrogen) atoms. The number of likely N-dealkylation sites (tertiary alicyclic amines) is 1. The molecule has 0 radical (unpaired) electrons. The Bertz CT molecular complexity index is 862. The van der Waals surface area contributed by atoms with Crippen molar-refractivity contribution in [2.45, 2.75) is 32.7 Å². The van der Waals surface area contributed by atoms with Crippen LogP contribution in [0.4, 0.5) is 0 Å². The van der Waals surface area contributed by atoms with Gasteiger partial charge in [0.25, 0.3) is 0 Å². The number of hydrogen-bond acceptors (Lipinski definition) is 7. The Morgan fingerprint density at radius 3 is 2.44 bits per heavy atom. The number of benzene rings is 2. The first-order valence-electron chi connectivity index (χ1n) is 11.0. The number of para-hydroxylation sites is 1. The lowest BCUT2D eigenvalue weighted by Crippen LogP contribution is -2.49. The third-order valence-electron chi connectivity index (χ3n) is 5.90. The molecule has 0 saturated carbocycles. The zero-order valence-corrected chi connectivity index (χ0v) is 19.1. The molecule has 7 nitrogen and oxygen atoms in total. The van der Waals surface area contributed by atoms with Crippen LogP contribution in [0.25, 0.3) is 0 Å². The average Bonchev–Trinajstić information content (AvgIpc) is 2.81. The van der Waals surface area contributed by atoms with Crippen LogP contribution in [-0.2, 0) is 16.1 Å². The third-order valence-corrected chi connectivity index (χ3v) is 5.90. The van der Waals surface area contributed by atoms with Crippen LogP contribution in [0.5, 0.6) is 23.0 Å². The van der Waals surface area contributed by atoms with E-state index in [1.54, 1.807) is 12.1 Å². The van der Waals surface area contributed by atoms with E-state index in [0.717, 1.165) is 30.7 Å². The molecule has 2 aromatic rings. The number of ether oxygens (including phenoxy) is 4. The minimum absolute atomic E-state index is 0.0173. The van der Waals surface area contributed by atoms with Crippen molar-refractivity contribution < 1.29 is 28.8 Å². The molecule has 1 atom stereocenters. The Morgan fingerprint density at radius 1 is 1.12 bits per heavy atom. The van der Waals surface area contributed by atoms with Crippen LogP contribution >= 0.6 is 0 Å². The zero-order chi connectivity index (χ0) is 23.0. The van der Waals surface area contributed by atoms with Crippen LogP contribution in [0.3, 0.4) is 0 Å². The summed E-state index contributed by atoms with van der Waals surface area (Å²) in [5, 5.41) is 10.2. The number of piperidine rings is 1. The molecule has 7 heteroatoms. The number of rotatable bonds is 10. The number of carbonyl (C=O) groups is 1. The van der Waals surface area contributed by atoms with Gasteiger partial charge in [0, 0.05) is 13.1 Å². The number of phenolic OH excluding ortho intramolecular Hbond substituents is 1. The van der Waals surface area contributed by atoms with Gasteiger partial charge in [0.05, 0.1) is 32.8 Å². The van der Waals surface area contributed by atoms with Crippen molar-refractivity contribution in [3.63, 3.8) is 0 Å². The fourth-order valence-electron chi connectivity index (χ4n) is 4.30. The SMILES string of the molecule is CCOC(=O)C1(CCOc2ccccc2)CCCN(Cc2cc(OC)c(O)c(OC)c2)C1. The number of aromatic hydroxyl groups is 1. The molecule has 1 fully saturated rings. The number of phenols is 1. The smallest absolute Gasteiger partial charge is 0.313 e. The molecule has 2 aromatic carbocycles. The van der Waals surface area contributed by atoms with Crippen molar-refractivity contribution in [3.05, 3.63) is 48.0 Å². The van der Waals surface area contributed by atoms with Crippen LogP contribution in [0, 0.1) is 5.41 Å². The van der Waals surface area contributed by atoms with Gasteiger partial charge in [0.15, 0.2) is 11.5 Å². The standard InChI is InChI=1S/C25H33NO6/c1-4-31-24(28)25(12-14-32-20-9-6-5-7-10-20)11-8-13-26(18-25)17-19-15-21(29-2)23(27)22(16-19)30-3/h5-7,9-10,15-16,27H,4,8,11-14,17-18H2,1-3H3. The van der Waals surface area contributed by atoms with Crippen molar-refractivity contribution in [1.29, 1.82) is 0 Å². The maximum Gasteiger partial charge on any atom is 0.313 e. The lowest BCUT2D eigenvalue weighted by atomic mass is 9.77. The van der Waals surface area contributed by atoms with Crippen LogP contribution in [-0.4, -0.2) is 56.5 Å². The molecule has 0 bridgehead atoms. The van der Waals surface area contributed by atoms with E-state index < -0.39 is 5.41 Å². The van der Waals surface area contributed by atoms with E-state index >= 15 is 0 Å². The molecule has 1 unspecified atom stereocenters. The summed E-state index contributed by atoms with van der Waals surface area (Å²) in [7, 11) is 3.02.